The van der Waals surface area contributed by atoms with Gasteiger partial charge in [0.2, 0.25) is 10.0 Å². The Labute approximate surface area is 126 Å². The van der Waals surface area contributed by atoms with Crippen LogP contribution in [0.4, 0.5) is 10.1 Å². The third-order valence-electron chi connectivity index (χ3n) is 3.36. The van der Waals surface area contributed by atoms with Crippen molar-refractivity contribution in [3.8, 4) is 0 Å². The summed E-state index contributed by atoms with van der Waals surface area (Å²) in [7, 11) is 0.147. The van der Waals surface area contributed by atoms with Crippen molar-refractivity contribution in [2.75, 3.05) is 39.5 Å². The van der Waals surface area contributed by atoms with Gasteiger partial charge in [0.05, 0.1) is 4.90 Å². The Kier molecular flexibility index (Phi) is 6.12. The van der Waals surface area contributed by atoms with Gasteiger partial charge in [-0.25, -0.2) is 12.8 Å². The number of nitrogen functional groups attached to an aromatic ring is 1. The van der Waals surface area contributed by atoms with Crippen molar-refractivity contribution >= 4 is 15.7 Å². The maximum Gasteiger partial charge on any atom is 0.243 e. The lowest BCUT2D eigenvalue weighted by Crippen LogP contribution is -2.33. The highest BCUT2D eigenvalue weighted by Crippen LogP contribution is 2.23. The molecule has 0 fully saturated rings. The van der Waals surface area contributed by atoms with Gasteiger partial charge in [-0.15, -0.1) is 0 Å². The van der Waals surface area contributed by atoms with Crippen LogP contribution in [0.3, 0.4) is 0 Å². The van der Waals surface area contributed by atoms with Crippen LogP contribution in [0.15, 0.2) is 17.0 Å². The third-order valence-corrected chi connectivity index (χ3v) is 5.31. The van der Waals surface area contributed by atoms with E-state index in [1.54, 1.807) is 6.92 Å². The number of benzene rings is 1. The van der Waals surface area contributed by atoms with E-state index in [-0.39, 0.29) is 16.1 Å². The second kappa shape index (κ2) is 7.20. The van der Waals surface area contributed by atoms with E-state index in [1.807, 2.05) is 19.0 Å². The maximum absolute atomic E-state index is 13.7. The van der Waals surface area contributed by atoms with E-state index in [0.717, 1.165) is 12.6 Å². The van der Waals surface area contributed by atoms with Gasteiger partial charge in [-0.1, -0.05) is 6.92 Å². The van der Waals surface area contributed by atoms with Crippen molar-refractivity contribution in [1.29, 1.82) is 0 Å². The molecular weight excluding hydrogens is 293 g/mol. The summed E-state index contributed by atoms with van der Waals surface area (Å²) in [4.78, 5) is 1.90. The molecule has 0 radical (unpaired) electrons. The first kappa shape index (κ1) is 17.9. The molecule has 0 saturated carbocycles. The lowest BCUT2D eigenvalue weighted by atomic mass is 10.2. The molecule has 7 heteroatoms. The van der Waals surface area contributed by atoms with E-state index in [2.05, 4.69) is 0 Å². The summed E-state index contributed by atoms with van der Waals surface area (Å²) in [6.07, 6.45) is 0.712. The molecule has 1 aromatic carbocycles. The summed E-state index contributed by atoms with van der Waals surface area (Å²) in [6, 6.07) is 2.36. The van der Waals surface area contributed by atoms with Crippen LogP contribution in [0, 0.1) is 12.7 Å². The van der Waals surface area contributed by atoms with Crippen LogP contribution in [0.5, 0.6) is 0 Å². The topological polar surface area (TPSA) is 66.6 Å². The highest BCUT2D eigenvalue weighted by Gasteiger charge is 2.24. The molecule has 0 amide bonds. The number of anilines is 1. The molecule has 1 aromatic rings. The zero-order valence-electron chi connectivity index (χ0n) is 13.1. The number of halogens is 1. The average Bonchev–Trinajstić information content (AvgIpc) is 2.39. The number of nitrogens with two attached hydrogens (primary N) is 1. The Balaban J connectivity index is 3.02. The second-order valence-electron chi connectivity index (χ2n) is 5.27. The minimum atomic E-state index is -3.72. The molecular formula is C14H24FN3O2S. The number of hydrogen-bond acceptors (Lipinski definition) is 4. The van der Waals surface area contributed by atoms with Crippen molar-refractivity contribution in [1.82, 2.24) is 9.21 Å². The van der Waals surface area contributed by atoms with Crippen molar-refractivity contribution in [2.24, 2.45) is 0 Å². The number of hydrogen-bond donors (Lipinski definition) is 1. The second-order valence-corrected chi connectivity index (χ2v) is 7.21. The van der Waals surface area contributed by atoms with E-state index in [9.17, 15) is 12.8 Å². The van der Waals surface area contributed by atoms with Gasteiger partial charge in [-0.2, -0.15) is 4.31 Å². The van der Waals surface area contributed by atoms with Crippen LogP contribution >= 0.6 is 0 Å². The fourth-order valence-electron chi connectivity index (χ4n) is 1.98. The Morgan fingerprint density at radius 1 is 1.24 bits per heavy atom. The van der Waals surface area contributed by atoms with Crippen molar-refractivity contribution in [3.63, 3.8) is 0 Å². The quantitative estimate of drug-likeness (QED) is 0.777. The number of rotatable bonds is 7. The van der Waals surface area contributed by atoms with Gasteiger partial charge in [-0.05, 0) is 46.1 Å². The average molecular weight is 317 g/mol. The van der Waals surface area contributed by atoms with E-state index in [0.29, 0.717) is 19.5 Å². The summed E-state index contributed by atoms with van der Waals surface area (Å²) in [6.45, 7) is 4.81. The van der Waals surface area contributed by atoms with Gasteiger partial charge >= 0.3 is 0 Å². The molecule has 21 heavy (non-hydrogen) atoms. The molecule has 0 saturated heterocycles. The molecule has 0 aromatic heterocycles. The highest BCUT2D eigenvalue weighted by molar-refractivity contribution is 7.89. The largest absolute Gasteiger partial charge is 0.398 e. The molecule has 0 heterocycles. The van der Waals surface area contributed by atoms with E-state index >= 15 is 0 Å². The Morgan fingerprint density at radius 3 is 2.33 bits per heavy atom. The molecule has 0 aliphatic heterocycles. The zero-order chi connectivity index (χ0) is 16.2. The van der Waals surface area contributed by atoms with Gasteiger partial charge in [0.15, 0.2) is 0 Å². The minimum absolute atomic E-state index is 0.0881. The normalized spacial score (nSPS) is 12.3. The standard InChI is InChI=1S/C14H24FN3O2S/c1-5-18(8-6-7-17(3)4)21(19,20)12-9-13(15)11(2)14(16)10-12/h9-10H,5-8,16H2,1-4H3. The van der Waals surface area contributed by atoms with Crippen LogP contribution in [-0.2, 0) is 10.0 Å². The van der Waals surface area contributed by atoms with E-state index in [4.69, 9.17) is 5.73 Å². The van der Waals surface area contributed by atoms with Gasteiger partial charge in [0.1, 0.15) is 5.82 Å². The Bertz CT molecular complexity index is 565. The SMILES string of the molecule is CCN(CCCN(C)C)S(=O)(=O)c1cc(N)c(C)c(F)c1. The number of nitrogens with zero attached hydrogens (tertiary/aromatic N) is 2. The van der Waals surface area contributed by atoms with Crippen molar-refractivity contribution in [2.45, 2.75) is 25.2 Å². The smallest absolute Gasteiger partial charge is 0.243 e. The van der Waals surface area contributed by atoms with Crippen molar-refractivity contribution < 1.29 is 12.8 Å². The molecule has 5 nitrogen and oxygen atoms in total. The molecule has 0 aliphatic carbocycles. The Hall–Kier alpha value is -1.18. The predicted molar refractivity (Wildman–Crippen MR) is 83.2 cm³/mol. The lowest BCUT2D eigenvalue weighted by Gasteiger charge is -2.22. The Morgan fingerprint density at radius 2 is 1.86 bits per heavy atom. The molecule has 120 valence electrons. The van der Waals surface area contributed by atoms with Crippen molar-refractivity contribution in [3.05, 3.63) is 23.5 Å². The van der Waals surface area contributed by atoms with Crippen LogP contribution in [0.2, 0.25) is 0 Å². The minimum Gasteiger partial charge on any atom is -0.398 e. The highest BCUT2D eigenvalue weighted by atomic mass is 32.2. The monoisotopic (exact) mass is 317 g/mol. The molecule has 1 rings (SSSR count). The molecule has 0 unspecified atom stereocenters. The van der Waals surface area contributed by atoms with Crippen LogP contribution in [-0.4, -0.2) is 51.4 Å². The number of sulfonamides is 1. The van der Waals surface area contributed by atoms with Gasteiger partial charge < -0.3 is 10.6 Å². The summed E-state index contributed by atoms with van der Waals surface area (Å²) >= 11 is 0. The summed E-state index contributed by atoms with van der Waals surface area (Å²) in [5.41, 5.74) is 6.09. The van der Waals surface area contributed by atoms with Crippen LogP contribution in [0.25, 0.3) is 0 Å². The van der Waals surface area contributed by atoms with Gasteiger partial charge in [0.25, 0.3) is 0 Å². The zero-order valence-corrected chi connectivity index (χ0v) is 13.9. The summed E-state index contributed by atoms with van der Waals surface area (Å²) in [5, 5.41) is 0. The first-order valence-corrected chi connectivity index (χ1v) is 8.34. The van der Waals surface area contributed by atoms with E-state index in [1.165, 1.54) is 17.3 Å². The third kappa shape index (κ3) is 4.39. The molecule has 0 aliphatic rings. The maximum atomic E-state index is 13.7. The first-order chi connectivity index (χ1) is 9.70. The fraction of sp³-hybridized carbons (Fsp3) is 0.571. The fourth-order valence-corrected chi connectivity index (χ4v) is 3.52. The molecule has 0 atom stereocenters. The predicted octanol–water partition coefficient (Wildman–Crippen LogP) is 1.68. The van der Waals surface area contributed by atoms with Gasteiger partial charge in [0, 0.05) is 24.3 Å². The van der Waals surface area contributed by atoms with Crippen LogP contribution in [0.1, 0.15) is 18.9 Å². The molecule has 2 N–H and O–H groups in total. The van der Waals surface area contributed by atoms with E-state index < -0.39 is 15.8 Å². The summed E-state index contributed by atoms with van der Waals surface area (Å²) in [5.74, 6) is -0.599. The first-order valence-electron chi connectivity index (χ1n) is 6.90. The van der Waals surface area contributed by atoms with Crippen LogP contribution < -0.4 is 5.73 Å². The molecule has 0 spiro atoms. The molecule has 0 bridgehead atoms. The summed E-state index contributed by atoms with van der Waals surface area (Å²) < 4.78 is 40.2. The lowest BCUT2D eigenvalue weighted by molar-refractivity contribution is 0.356. The van der Waals surface area contributed by atoms with Gasteiger partial charge in [-0.3, -0.25) is 0 Å².